The first-order valence-corrected chi connectivity index (χ1v) is 12.4. The molecule has 3 aromatic heterocycles. The normalized spacial score (nSPS) is 15.5. The molecule has 1 amide bonds. The number of hydrogen-bond acceptors (Lipinski definition) is 6. The van der Waals surface area contributed by atoms with Crippen molar-refractivity contribution in [1.82, 2.24) is 9.38 Å². The van der Waals surface area contributed by atoms with E-state index in [9.17, 15) is 19.1 Å². The van der Waals surface area contributed by atoms with Gasteiger partial charge in [-0.15, -0.1) is 0 Å². The first kappa shape index (κ1) is 21.0. The summed E-state index contributed by atoms with van der Waals surface area (Å²) in [5.74, 6) is 1.70. The number of nitrogens with one attached hydrogen (secondary N) is 1. The highest BCUT2D eigenvalue weighted by molar-refractivity contribution is 7.59. The highest BCUT2D eigenvalue weighted by Gasteiger charge is 2.30. The number of ether oxygens (including phenoxy) is 2. The largest absolute Gasteiger partial charge is 0.486 e. The lowest BCUT2D eigenvalue weighted by Gasteiger charge is -2.22. The number of furan rings is 1. The molecule has 10 nitrogen and oxygen atoms in total. The number of pyridine rings is 1. The zero-order valence-electron chi connectivity index (χ0n) is 17.8. The van der Waals surface area contributed by atoms with Gasteiger partial charge in [-0.25, -0.2) is 4.98 Å². The molecule has 1 aromatic carbocycles. The van der Waals surface area contributed by atoms with Gasteiger partial charge in [0.15, 0.2) is 17.3 Å². The molecule has 1 aliphatic carbocycles. The lowest BCUT2D eigenvalue weighted by molar-refractivity contribution is -0.117. The van der Waals surface area contributed by atoms with E-state index in [1.54, 1.807) is 6.20 Å². The van der Waals surface area contributed by atoms with Crippen molar-refractivity contribution in [2.45, 2.75) is 12.8 Å². The molecule has 4 heterocycles. The van der Waals surface area contributed by atoms with E-state index >= 15 is 0 Å². The summed E-state index contributed by atoms with van der Waals surface area (Å²) in [6.45, 7) is 0.709. The summed E-state index contributed by atoms with van der Waals surface area (Å²) in [4.78, 5) is 35.6. The fraction of sp³-hybridized carbons (Fsp3) is 0.217. The molecule has 0 bridgehead atoms. The van der Waals surface area contributed by atoms with Crippen LogP contribution in [0.25, 0.3) is 28.2 Å². The van der Waals surface area contributed by atoms with Crippen molar-refractivity contribution in [2.24, 2.45) is 5.92 Å². The van der Waals surface area contributed by atoms with E-state index in [1.165, 1.54) is 12.1 Å². The van der Waals surface area contributed by atoms with Gasteiger partial charge >= 0.3 is 7.60 Å². The Morgan fingerprint density at radius 3 is 2.71 bits per heavy atom. The van der Waals surface area contributed by atoms with Crippen molar-refractivity contribution in [2.75, 3.05) is 18.5 Å². The Morgan fingerprint density at radius 1 is 1.12 bits per heavy atom. The minimum absolute atomic E-state index is 0.0229. The van der Waals surface area contributed by atoms with E-state index in [1.807, 2.05) is 34.7 Å². The molecule has 174 valence electrons. The van der Waals surface area contributed by atoms with Crippen LogP contribution in [0.15, 0.2) is 53.1 Å². The molecule has 3 N–H and O–H groups in total. The minimum atomic E-state index is -4.55. The molecule has 4 aromatic rings. The predicted molar refractivity (Wildman–Crippen MR) is 122 cm³/mol. The van der Waals surface area contributed by atoms with Crippen LogP contribution in [0.1, 0.15) is 12.8 Å². The van der Waals surface area contributed by atoms with Gasteiger partial charge in [-0.2, -0.15) is 0 Å². The van der Waals surface area contributed by atoms with E-state index in [-0.39, 0.29) is 17.6 Å². The summed E-state index contributed by atoms with van der Waals surface area (Å²) in [6, 6.07) is 12.0. The zero-order chi connectivity index (χ0) is 23.4. The molecule has 0 spiro atoms. The predicted octanol–water partition coefficient (Wildman–Crippen LogP) is 3.18. The van der Waals surface area contributed by atoms with Gasteiger partial charge in [0.25, 0.3) is 0 Å². The highest BCUT2D eigenvalue weighted by atomic mass is 31.2. The van der Waals surface area contributed by atoms with Crippen molar-refractivity contribution in [3.63, 3.8) is 0 Å². The molecule has 11 heteroatoms. The second-order valence-electron chi connectivity index (χ2n) is 8.26. The third-order valence-electron chi connectivity index (χ3n) is 5.77. The molecule has 1 fully saturated rings. The Hall–Kier alpha value is -3.59. The molecule has 0 saturated heterocycles. The van der Waals surface area contributed by atoms with Crippen LogP contribution in [0.3, 0.4) is 0 Å². The van der Waals surface area contributed by atoms with Gasteiger partial charge in [-0.3, -0.25) is 13.8 Å². The number of aromatic nitrogens is 2. The molecule has 1 aliphatic heterocycles. The van der Waals surface area contributed by atoms with Crippen LogP contribution in [-0.4, -0.2) is 38.3 Å². The smallest absolute Gasteiger partial charge is 0.391 e. The van der Waals surface area contributed by atoms with Gasteiger partial charge in [-0.1, -0.05) is 6.07 Å². The van der Waals surface area contributed by atoms with Crippen LogP contribution >= 0.6 is 7.60 Å². The van der Waals surface area contributed by atoms with Gasteiger partial charge in [0.2, 0.25) is 11.4 Å². The number of imidazole rings is 1. The fourth-order valence-corrected chi connectivity index (χ4v) is 4.48. The number of rotatable bonds is 5. The Labute approximate surface area is 193 Å². The summed E-state index contributed by atoms with van der Waals surface area (Å²) in [7, 11) is -4.55. The van der Waals surface area contributed by atoms with Crippen LogP contribution < -0.4 is 20.3 Å². The second kappa shape index (κ2) is 7.73. The van der Waals surface area contributed by atoms with Gasteiger partial charge in [0, 0.05) is 11.5 Å². The second-order valence-corrected chi connectivity index (χ2v) is 9.79. The number of benzene rings is 1. The van der Waals surface area contributed by atoms with Crippen molar-refractivity contribution >= 4 is 30.5 Å². The molecular formula is C23H20N3O7P. The number of hydrogen-bond donors (Lipinski definition) is 3. The fourth-order valence-electron chi connectivity index (χ4n) is 3.99. The summed E-state index contributed by atoms with van der Waals surface area (Å²) >= 11 is 0. The summed E-state index contributed by atoms with van der Waals surface area (Å²) in [5, 5.41) is 2.87. The number of carbonyl (C=O) groups excluding carboxylic acids is 1. The maximum absolute atomic E-state index is 12.2. The monoisotopic (exact) mass is 481 g/mol. The molecule has 6 rings (SSSR count). The van der Waals surface area contributed by atoms with Crippen molar-refractivity contribution < 1.29 is 33.0 Å². The first-order valence-electron chi connectivity index (χ1n) is 10.8. The number of carbonyl (C=O) groups is 1. The van der Waals surface area contributed by atoms with Crippen LogP contribution in [0, 0.1) is 5.92 Å². The number of amides is 1. The topological polar surface area (TPSA) is 136 Å². The average Bonchev–Trinajstić information content (AvgIpc) is 3.39. The summed E-state index contributed by atoms with van der Waals surface area (Å²) in [5.41, 5.74) is 2.26. The average molecular weight is 481 g/mol. The zero-order valence-corrected chi connectivity index (χ0v) is 18.7. The molecule has 1 saturated carbocycles. The number of nitrogens with zero attached hydrogens (tertiary/aromatic N) is 2. The Morgan fingerprint density at radius 2 is 1.94 bits per heavy atom. The van der Waals surface area contributed by atoms with E-state index < -0.39 is 13.1 Å². The van der Waals surface area contributed by atoms with Gasteiger partial charge in [-0.05, 0) is 49.2 Å². The van der Waals surface area contributed by atoms with E-state index in [0.717, 1.165) is 24.1 Å². The van der Waals surface area contributed by atoms with E-state index in [4.69, 9.17) is 13.9 Å². The SMILES string of the molecule is O=C(Nc1cn2c(-c3cc4c(c(-c5ccc(P(=O)(O)O)o5)c3)OCCO4)cccc2n1)C1CC1. The third-order valence-corrected chi connectivity index (χ3v) is 6.59. The van der Waals surface area contributed by atoms with Gasteiger partial charge in [0.05, 0.1) is 17.5 Å². The van der Waals surface area contributed by atoms with Crippen LogP contribution in [-0.2, 0) is 9.36 Å². The van der Waals surface area contributed by atoms with Crippen LogP contribution in [0.5, 0.6) is 11.5 Å². The number of anilines is 1. The standard InChI is InChI=1S/C23H20N3O7P/c27-23(13-4-5-13)25-19-12-26-16(2-1-3-20(26)24-19)14-10-15(22-18(11-14)31-8-9-32-22)17-6-7-21(33-17)34(28,29)30/h1-3,6-7,10-13H,4-5,8-9H2,(H,25,27)(H2,28,29,30). The molecule has 34 heavy (non-hydrogen) atoms. The maximum atomic E-state index is 12.2. The minimum Gasteiger partial charge on any atom is -0.486 e. The molecule has 0 atom stereocenters. The quantitative estimate of drug-likeness (QED) is 0.370. The maximum Gasteiger partial charge on any atom is 0.391 e. The van der Waals surface area contributed by atoms with E-state index in [2.05, 4.69) is 10.3 Å². The Bertz CT molecular complexity index is 1480. The van der Waals surface area contributed by atoms with Crippen molar-refractivity contribution in [3.8, 4) is 34.1 Å². The third kappa shape index (κ3) is 3.75. The molecule has 0 unspecified atom stereocenters. The highest BCUT2D eigenvalue weighted by Crippen LogP contribution is 2.45. The summed E-state index contributed by atoms with van der Waals surface area (Å²) < 4.78 is 30.6. The lowest BCUT2D eigenvalue weighted by Crippen LogP contribution is -2.16. The lowest BCUT2D eigenvalue weighted by atomic mass is 10.0. The van der Waals surface area contributed by atoms with Gasteiger partial charge in [0.1, 0.15) is 24.6 Å². The number of fused-ring (bicyclic) bond motifs is 2. The molecule has 2 aliphatic rings. The Kier molecular flexibility index (Phi) is 4.77. The van der Waals surface area contributed by atoms with Crippen molar-refractivity contribution in [3.05, 3.63) is 48.7 Å². The molecule has 0 radical (unpaired) electrons. The van der Waals surface area contributed by atoms with Crippen LogP contribution in [0.4, 0.5) is 5.82 Å². The van der Waals surface area contributed by atoms with Gasteiger partial charge < -0.3 is 29.0 Å². The van der Waals surface area contributed by atoms with Crippen molar-refractivity contribution in [1.29, 1.82) is 0 Å². The van der Waals surface area contributed by atoms with E-state index in [0.29, 0.717) is 41.7 Å². The Balaban J connectivity index is 1.47. The summed E-state index contributed by atoms with van der Waals surface area (Å²) in [6.07, 6.45) is 3.57. The molecular weight excluding hydrogens is 461 g/mol. The van der Waals surface area contributed by atoms with Crippen LogP contribution in [0.2, 0.25) is 0 Å². The first-order chi connectivity index (χ1) is 16.4.